The van der Waals surface area contributed by atoms with Gasteiger partial charge < -0.3 is 19.9 Å². The molecule has 1 aromatic heterocycles. The molecule has 3 aromatic carbocycles. The molecule has 0 saturated heterocycles. The van der Waals surface area contributed by atoms with Crippen LogP contribution in [-0.4, -0.2) is 22.1 Å². The monoisotopic (exact) mass is 457 g/mol. The largest absolute Gasteiger partial charge is 0.497 e. The summed E-state index contributed by atoms with van der Waals surface area (Å²) in [5, 5.41) is 4.86. The van der Waals surface area contributed by atoms with E-state index < -0.39 is 0 Å². The van der Waals surface area contributed by atoms with Gasteiger partial charge in [-0.1, -0.05) is 42.5 Å². The molecular formula is C27H27N3O2S. The molecule has 0 aliphatic carbocycles. The lowest BCUT2D eigenvalue weighted by Crippen LogP contribution is -2.35. The van der Waals surface area contributed by atoms with Crippen molar-refractivity contribution in [2.24, 2.45) is 0 Å². The summed E-state index contributed by atoms with van der Waals surface area (Å²) in [6.45, 7) is 5.00. The van der Waals surface area contributed by atoms with Gasteiger partial charge in [-0.15, -0.1) is 0 Å². The van der Waals surface area contributed by atoms with Gasteiger partial charge in [-0.3, -0.25) is 4.79 Å². The number of aromatic nitrogens is 1. The number of nitrogens with one attached hydrogen (secondary N) is 2. The number of methoxy groups -OCH3 is 1. The van der Waals surface area contributed by atoms with Crippen LogP contribution in [0, 0.1) is 13.8 Å². The zero-order valence-electron chi connectivity index (χ0n) is 19.0. The number of aryl methyl sites for hydroxylation is 2. The van der Waals surface area contributed by atoms with Crippen LogP contribution in [0.4, 0.5) is 5.69 Å². The highest BCUT2D eigenvalue weighted by Gasteiger charge is 2.15. The minimum absolute atomic E-state index is 0.0987. The van der Waals surface area contributed by atoms with Crippen LogP contribution in [0.25, 0.3) is 10.9 Å². The van der Waals surface area contributed by atoms with Crippen LogP contribution in [0.1, 0.15) is 22.3 Å². The van der Waals surface area contributed by atoms with Gasteiger partial charge in [-0.05, 0) is 78.5 Å². The van der Waals surface area contributed by atoms with Gasteiger partial charge in [0.05, 0.1) is 19.2 Å². The summed E-state index contributed by atoms with van der Waals surface area (Å²) in [6, 6.07) is 23.8. The zero-order valence-corrected chi connectivity index (χ0v) is 19.8. The Labute approximate surface area is 199 Å². The van der Waals surface area contributed by atoms with Crippen LogP contribution in [0.3, 0.4) is 0 Å². The first kappa shape index (κ1) is 22.6. The molecule has 0 saturated carbocycles. The molecule has 4 aromatic rings. The van der Waals surface area contributed by atoms with E-state index in [0.29, 0.717) is 23.8 Å². The number of para-hydroxylation sites is 1. The van der Waals surface area contributed by atoms with Gasteiger partial charge in [0.1, 0.15) is 5.75 Å². The standard InChI is InChI=1S/C27H27N3O2S/c1-18-9-12-21-15-22(26(31)29-25(21)19(18)2)17-30(16-20-10-13-24(32-3)14-11-20)27(33)28-23-7-5-4-6-8-23/h4-15H,16-17H2,1-3H3,(H,28,33)(H,29,31). The summed E-state index contributed by atoms with van der Waals surface area (Å²) in [5.41, 5.74) is 5.66. The summed E-state index contributed by atoms with van der Waals surface area (Å²) >= 11 is 5.76. The van der Waals surface area contributed by atoms with Crippen LogP contribution >= 0.6 is 12.2 Å². The zero-order chi connectivity index (χ0) is 23.4. The van der Waals surface area contributed by atoms with Crippen molar-refractivity contribution in [3.63, 3.8) is 0 Å². The first-order chi connectivity index (χ1) is 15.9. The molecular weight excluding hydrogens is 430 g/mol. The van der Waals surface area contributed by atoms with Crippen LogP contribution in [0.5, 0.6) is 5.75 Å². The van der Waals surface area contributed by atoms with Gasteiger partial charge in [-0.25, -0.2) is 0 Å². The molecule has 2 N–H and O–H groups in total. The molecule has 168 valence electrons. The highest BCUT2D eigenvalue weighted by Crippen LogP contribution is 2.21. The molecule has 0 atom stereocenters. The second-order valence-electron chi connectivity index (χ2n) is 8.10. The van der Waals surface area contributed by atoms with E-state index in [0.717, 1.165) is 39.0 Å². The Balaban J connectivity index is 1.66. The SMILES string of the molecule is COc1ccc(CN(Cc2cc3ccc(C)c(C)c3[nH]c2=O)C(=S)Nc2ccccc2)cc1. The lowest BCUT2D eigenvalue weighted by Gasteiger charge is -2.26. The third-order valence-electron chi connectivity index (χ3n) is 5.83. The summed E-state index contributed by atoms with van der Waals surface area (Å²) in [6.07, 6.45) is 0. The number of hydrogen-bond donors (Lipinski definition) is 2. The van der Waals surface area contributed by atoms with Gasteiger partial charge in [0.15, 0.2) is 5.11 Å². The number of H-pyrrole nitrogens is 1. The molecule has 1 heterocycles. The lowest BCUT2D eigenvalue weighted by atomic mass is 10.0. The molecule has 4 rings (SSSR count). The third kappa shape index (κ3) is 5.23. The number of aromatic amines is 1. The van der Waals surface area contributed by atoms with Crippen LogP contribution in [0.15, 0.2) is 77.6 Å². The van der Waals surface area contributed by atoms with E-state index in [-0.39, 0.29) is 5.56 Å². The van der Waals surface area contributed by atoms with Gasteiger partial charge >= 0.3 is 0 Å². The average Bonchev–Trinajstić information content (AvgIpc) is 2.83. The van der Waals surface area contributed by atoms with Gasteiger partial charge in [0, 0.05) is 17.8 Å². The topological polar surface area (TPSA) is 57.4 Å². The van der Waals surface area contributed by atoms with Crippen molar-refractivity contribution in [1.82, 2.24) is 9.88 Å². The van der Waals surface area contributed by atoms with E-state index in [1.165, 1.54) is 0 Å². The Bertz CT molecular complexity index is 1330. The Morgan fingerprint density at radius 1 is 1.00 bits per heavy atom. The predicted molar refractivity (Wildman–Crippen MR) is 139 cm³/mol. The first-order valence-corrected chi connectivity index (χ1v) is 11.2. The molecule has 0 aliphatic rings. The molecule has 5 nitrogen and oxygen atoms in total. The summed E-state index contributed by atoms with van der Waals surface area (Å²) in [7, 11) is 1.65. The Morgan fingerprint density at radius 2 is 1.73 bits per heavy atom. The van der Waals surface area contributed by atoms with E-state index in [9.17, 15) is 4.79 Å². The summed E-state index contributed by atoms with van der Waals surface area (Å²) in [5.74, 6) is 0.798. The quantitative estimate of drug-likeness (QED) is 0.372. The van der Waals surface area contributed by atoms with E-state index in [1.807, 2.05) is 85.5 Å². The smallest absolute Gasteiger partial charge is 0.253 e. The Morgan fingerprint density at radius 3 is 2.42 bits per heavy atom. The third-order valence-corrected chi connectivity index (χ3v) is 6.19. The Hall–Kier alpha value is -3.64. The van der Waals surface area contributed by atoms with Gasteiger partial charge in [-0.2, -0.15) is 0 Å². The number of ether oxygens (including phenoxy) is 1. The van der Waals surface area contributed by atoms with Crippen molar-refractivity contribution in [3.8, 4) is 5.75 Å². The maximum Gasteiger partial charge on any atom is 0.253 e. The number of thiocarbonyl (C=S) groups is 1. The predicted octanol–water partition coefficient (Wildman–Crippen LogP) is 5.55. The van der Waals surface area contributed by atoms with Crippen molar-refractivity contribution in [1.29, 1.82) is 0 Å². The summed E-state index contributed by atoms with van der Waals surface area (Å²) < 4.78 is 5.27. The van der Waals surface area contributed by atoms with E-state index in [1.54, 1.807) is 7.11 Å². The molecule has 33 heavy (non-hydrogen) atoms. The molecule has 0 radical (unpaired) electrons. The molecule has 0 unspecified atom stereocenters. The fourth-order valence-electron chi connectivity index (χ4n) is 3.77. The van der Waals surface area contributed by atoms with Gasteiger partial charge in [0.2, 0.25) is 0 Å². The number of nitrogens with zero attached hydrogens (tertiary/aromatic N) is 1. The van der Waals surface area contributed by atoms with Crippen molar-refractivity contribution in [2.45, 2.75) is 26.9 Å². The highest BCUT2D eigenvalue weighted by atomic mass is 32.1. The second kappa shape index (κ2) is 9.88. The number of rotatable bonds is 6. The molecule has 0 spiro atoms. The van der Waals surface area contributed by atoms with Crippen LogP contribution in [-0.2, 0) is 13.1 Å². The molecule has 6 heteroatoms. The maximum absolute atomic E-state index is 13.0. The van der Waals surface area contributed by atoms with Gasteiger partial charge in [0.25, 0.3) is 5.56 Å². The van der Waals surface area contributed by atoms with Crippen molar-refractivity contribution in [2.75, 3.05) is 12.4 Å². The summed E-state index contributed by atoms with van der Waals surface area (Å²) in [4.78, 5) is 18.1. The molecule has 0 amide bonds. The normalized spacial score (nSPS) is 10.8. The molecule has 0 bridgehead atoms. The lowest BCUT2D eigenvalue weighted by molar-refractivity contribution is 0.406. The average molecular weight is 458 g/mol. The fourth-order valence-corrected chi connectivity index (χ4v) is 4.01. The number of hydrogen-bond acceptors (Lipinski definition) is 3. The number of fused-ring (bicyclic) bond motifs is 1. The Kier molecular flexibility index (Phi) is 6.75. The number of benzene rings is 3. The molecule has 0 fully saturated rings. The minimum Gasteiger partial charge on any atom is -0.497 e. The minimum atomic E-state index is -0.0987. The van der Waals surface area contributed by atoms with E-state index in [4.69, 9.17) is 17.0 Å². The first-order valence-electron chi connectivity index (χ1n) is 10.8. The molecule has 0 aliphatic heterocycles. The van der Waals surface area contributed by atoms with E-state index in [2.05, 4.69) is 16.4 Å². The fraction of sp³-hybridized carbons (Fsp3) is 0.185. The van der Waals surface area contributed by atoms with Crippen molar-refractivity contribution in [3.05, 3.63) is 105 Å². The van der Waals surface area contributed by atoms with Crippen LogP contribution in [0.2, 0.25) is 0 Å². The maximum atomic E-state index is 13.0. The van der Waals surface area contributed by atoms with E-state index >= 15 is 0 Å². The highest BCUT2D eigenvalue weighted by molar-refractivity contribution is 7.80. The van der Waals surface area contributed by atoms with Crippen LogP contribution < -0.4 is 15.6 Å². The number of pyridine rings is 1. The number of anilines is 1. The van der Waals surface area contributed by atoms with Crippen molar-refractivity contribution < 1.29 is 4.74 Å². The van der Waals surface area contributed by atoms with Crippen molar-refractivity contribution >= 4 is 33.9 Å². The second-order valence-corrected chi connectivity index (χ2v) is 8.48.